The Bertz CT molecular complexity index is 1480. The summed E-state index contributed by atoms with van der Waals surface area (Å²) in [4.78, 5) is 31.9. The van der Waals surface area contributed by atoms with E-state index in [4.69, 9.17) is 0 Å². The largest absolute Gasteiger partial charge is 0.416 e. The fraction of sp³-hybridized carbons (Fsp3) is 0.240. The second-order valence-corrected chi connectivity index (χ2v) is 8.65. The summed E-state index contributed by atoms with van der Waals surface area (Å²) < 4.78 is 52.7. The number of anilines is 4. The predicted octanol–water partition coefficient (Wildman–Crippen LogP) is 5.29. The van der Waals surface area contributed by atoms with Gasteiger partial charge in [-0.05, 0) is 49.2 Å². The average Bonchev–Trinajstić information content (AvgIpc) is 3.31. The van der Waals surface area contributed by atoms with E-state index in [0.717, 1.165) is 17.7 Å². The highest BCUT2D eigenvalue weighted by Crippen LogP contribution is 2.31. The molecular formula is C25H21F4N7O. The lowest BCUT2D eigenvalue weighted by Crippen LogP contribution is -2.22. The topological polar surface area (TPSA) is 95.9 Å². The molecule has 0 radical (unpaired) electrons. The number of hydrogen-bond donors (Lipinski definition) is 2. The van der Waals surface area contributed by atoms with Gasteiger partial charge in [-0.1, -0.05) is 12.1 Å². The number of carbonyl (C=O) groups excluding carboxylic acids is 1. The second-order valence-electron chi connectivity index (χ2n) is 8.65. The van der Waals surface area contributed by atoms with Gasteiger partial charge >= 0.3 is 6.18 Å². The van der Waals surface area contributed by atoms with Gasteiger partial charge in [0.2, 0.25) is 5.95 Å². The molecule has 0 spiro atoms. The van der Waals surface area contributed by atoms with E-state index in [1.165, 1.54) is 18.5 Å². The molecule has 12 heteroatoms. The molecule has 0 unspecified atom stereocenters. The van der Waals surface area contributed by atoms with Gasteiger partial charge < -0.3 is 15.5 Å². The van der Waals surface area contributed by atoms with Gasteiger partial charge in [0.1, 0.15) is 23.5 Å². The van der Waals surface area contributed by atoms with Gasteiger partial charge in [-0.3, -0.25) is 4.79 Å². The summed E-state index contributed by atoms with van der Waals surface area (Å²) in [6, 6.07) is 9.28. The van der Waals surface area contributed by atoms with Crippen molar-refractivity contribution < 1.29 is 22.4 Å². The first kappa shape index (κ1) is 24.3. The average molecular weight is 511 g/mol. The van der Waals surface area contributed by atoms with Crippen LogP contribution in [0.4, 0.5) is 40.7 Å². The molecule has 1 amide bonds. The van der Waals surface area contributed by atoms with E-state index >= 15 is 0 Å². The molecule has 0 saturated carbocycles. The Morgan fingerprint density at radius 2 is 1.95 bits per heavy atom. The number of fused-ring (bicyclic) bond motifs is 1. The molecule has 0 aliphatic carbocycles. The molecule has 1 aliphatic heterocycles. The third-order valence-corrected chi connectivity index (χ3v) is 5.98. The number of nitrogens with one attached hydrogen (secondary N) is 2. The van der Waals surface area contributed by atoms with E-state index in [1.54, 1.807) is 29.3 Å². The number of carbonyl (C=O) groups is 1. The maximum absolute atomic E-state index is 13.7. The summed E-state index contributed by atoms with van der Waals surface area (Å²) in [7, 11) is 0. The van der Waals surface area contributed by atoms with Crippen molar-refractivity contribution in [1.82, 2.24) is 19.9 Å². The standard InChI is InChI=1S/C25H21F4N7O/c1-14-5-6-15(23(37)33-18-4-2-3-16(10-18)25(27,28)29)9-19(14)34-22-21-20(31-13-32-22)11-30-24(35-21)36-8-7-17(26)12-36/h2-6,9-11,13,17H,7-8,12H2,1H3,(H,33,37)(H,31,32,34)/t17-/m0/s1. The number of benzene rings is 2. The Kier molecular flexibility index (Phi) is 6.32. The fourth-order valence-corrected chi connectivity index (χ4v) is 3.99. The monoisotopic (exact) mass is 511 g/mol. The van der Waals surface area contributed by atoms with Crippen LogP contribution in [0.15, 0.2) is 55.0 Å². The molecule has 4 aromatic rings. The van der Waals surface area contributed by atoms with Gasteiger partial charge in [-0.25, -0.2) is 24.3 Å². The number of aryl methyl sites for hydroxylation is 1. The Morgan fingerprint density at radius 3 is 2.70 bits per heavy atom. The fourth-order valence-electron chi connectivity index (χ4n) is 3.99. The van der Waals surface area contributed by atoms with Gasteiger partial charge in [0.25, 0.3) is 5.91 Å². The van der Waals surface area contributed by atoms with Gasteiger partial charge in [-0.15, -0.1) is 0 Å². The highest BCUT2D eigenvalue weighted by molar-refractivity contribution is 6.05. The number of rotatable bonds is 5. The van der Waals surface area contributed by atoms with Crippen LogP contribution in [0, 0.1) is 6.92 Å². The number of alkyl halides is 4. The Labute approximate surface area is 208 Å². The summed E-state index contributed by atoms with van der Waals surface area (Å²) in [5.74, 6) is 0.161. The van der Waals surface area contributed by atoms with E-state index in [1.807, 2.05) is 6.92 Å². The molecule has 1 atom stereocenters. The van der Waals surface area contributed by atoms with E-state index in [2.05, 4.69) is 30.6 Å². The maximum Gasteiger partial charge on any atom is 0.416 e. The molecule has 37 heavy (non-hydrogen) atoms. The van der Waals surface area contributed by atoms with Crippen LogP contribution < -0.4 is 15.5 Å². The molecule has 2 aromatic heterocycles. The van der Waals surface area contributed by atoms with Crippen LogP contribution in [-0.4, -0.2) is 45.1 Å². The minimum Gasteiger partial charge on any atom is -0.338 e. The first-order valence-electron chi connectivity index (χ1n) is 11.4. The van der Waals surface area contributed by atoms with Crippen molar-refractivity contribution in [2.24, 2.45) is 0 Å². The van der Waals surface area contributed by atoms with Gasteiger partial charge in [-0.2, -0.15) is 13.2 Å². The molecular weight excluding hydrogens is 490 g/mol. The van der Waals surface area contributed by atoms with Crippen molar-refractivity contribution in [3.05, 3.63) is 71.7 Å². The van der Waals surface area contributed by atoms with Crippen molar-refractivity contribution >= 4 is 40.1 Å². The van der Waals surface area contributed by atoms with Gasteiger partial charge in [0.05, 0.1) is 18.3 Å². The summed E-state index contributed by atoms with van der Waals surface area (Å²) >= 11 is 0. The second kappa shape index (κ2) is 9.60. The number of halogens is 4. The highest BCUT2D eigenvalue weighted by Gasteiger charge is 2.30. The summed E-state index contributed by atoms with van der Waals surface area (Å²) in [6.45, 7) is 2.54. The molecule has 1 aliphatic rings. The van der Waals surface area contributed by atoms with Crippen molar-refractivity contribution in [2.75, 3.05) is 28.6 Å². The molecule has 1 saturated heterocycles. The Morgan fingerprint density at radius 1 is 1.11 bits per heavy atom. The summed E-state index contributed by atoms with van der Waals surface area (Å²) in [5, 5.41) is 5.67. The first-order valence-corrected chi connectivity index (χ1v) is 11.4. The Balaban J connectivity index is 1.41. The SMILES string of the molecule is Cc1ccc(C(=O)Nc2cccc(C(F)(F)F)c2)cc1Nc1ncnc2cnc(N3CC[C@H](F)C3)nc12. The molecule has 190 valence electrons. The minimum atomic E-state index is -4.52. The molecule has 3 heterocycles. The third kappa shape index (κ3) is 5.27. The van der Waals surface area contributed by atoms with Crippen LogP contribution in [0.25, 0.3) is 11.0 Å². The van der Waals surface area contributed by atoms with E-state index < -0.39 is 23.8 Å². The number of aromatic nitrogens is 4. The van der Waals surface area contributed by atoms with Crippen LogP contribution in [0.5, 0.6) is 0 Å². The lowest BCUT2D eigenvalue weighted by atomic mass is 10.1. The van der Waals surface area contributed by atoms with Crippen LogP contribution in [0.3, 0.4) is 0 Å². The molecule has 8 nitrogen and oxygen atoms in total. The molecule has 2 aromatic carbocycles. The first-order chi connectivity index (χ1) is 17.7. The van der Waals surface area contributed by atoms with Crippen molar-refractivity contribution in [2.45, 2.75) is 25.7 Å². The smallest absolute Gasteiger partial charge is 0.338 e. The lowest BCUT2D eigenvalue weighted by Gasteiger charge is -2.16. The van der Waals surface area contributed by atoms with Crippen LogP contribution >= 0.6 is 0 Å². The number of nitrogens with zero attached hydrogens (tertiary/aromatic N) is 5. The zero-order valence-corrected chi connectivity index (χ0v) is 19.6. The van der Waals surface area contributed by atoms with Crippen LogP contribution in [0.2, 0.25) is 0 Å². The molecule has 5 rings (SSSR count). The van der Waals surface area contributed by atoms with Gasteiger partial charge in [0.15, 0.2) is 5.82 Å². The highest BCUT2D eigenvalue weighted by atomic mass is 19.4. The van der Waals surface area contributed by atoms with Crippen molar-refractivity contribution in [3.8, 4) is 0 Å². The van der Waals surface area contributed by atoms with E-state index in [9.17, 15) is 22.4 Å². The summed E-state index contributed by atoms with van der Waals surface area (Å²) in [6.07, 6.45) is -2.15. The minimum absolute atomic E-state index is 0.0263. The normalized spacial score (nSPS) is 15.7. The van der Waals surface area contributed by atoms with Crippen molar-refractivity contribution in [1.29, 1.82) is 0 Å². The number of hydrogen-bond acceptors (Lipinski definition) is 7. The van der Waals surface area contributed by atoms with Crippen molar-refractivity contribution in [3.63, 3.8) is 0 Å². The van der Waals surface area contributed by atoms with Crippen LogP contribution in [-0.2, 0) is 6.18 Å². The molecule has 0 bridgehead atoms. The third-order valence-electron chi connectivity index (χ3n) is 5.98. The predicted molar refractivity (Wildman–Crippen MR) is 131 cm³/mol. The zero-order valence-electron chi connectivity index (χ0n) is 19.6. The van der Waals surface area contributed by atoms with E-state index in [-0.39, 0.29) is 17.8 Å². The van der Waals surface area contributed by atoms with Gasteiger partial charge in [0, 0.05) is 23.5 Å². The summed E-state index contributed by atoms with van der Waals surface area (Å²) in [5.41, 5.74) is 1.63. The zero-order chi connectivity index (χ0) is 26.2. The maximum atomic E-state index is 13.7. The lowest BCUT2D eigenvalue weighted by molar-refractivity contribution is -0.137. The molecule has 1 fully saturated rings. The molecule has 2 N–H and O–H groups in total. The van der Waals surface area contributed by atoms with Crippen LogP contribution in [0.1, 0.15) is 27.9 Å². The number of amides is 1. The van der Waals surface area contributed by atoms with E-state index in [0.29, 0.717) is 41.5 Å². The quantitative estimate of drug-likeness (QED) is 0.352. The Hall–Kier alpha value is -4.35.